The van der Waals surface area contributed by atoms with Crippen molar-refractivity contribution in [3.63, 3.8) is 0 Å². The van der Waals surface area contributed by atoms with E-state index in [1.807, 2.05) is 36.4 Å². The number of benzene rings is 2. The number of rotatable bonds is 5. The molecule has 0 heterocycles. The molecule has 0 saturated heterocycles. The maximum absolute atomic E-state index is 11.8. The number of carbonyl (C=O) groups is 2. The Balaban J connectivity index is 1.84. The highest BCUT2D eigenvalue weighted by Gasteiger charge is 2.14. The van der Waals surface area contributed by atoms with Crippen molar-refractivity contribution in [1.82, 2.24) is 5.32 Å². The monoisotopic (exact) mass is 253 g/mol. The number of hydrogen-bond donors (Lipinski definition) is 1. The first-order valence-electron chi connectivity index (χ1n) is 6.19. The average molecular weight is 253 g/mol. The summed E-state index contributed by atoms with van der Waals surface area (Å²) in [6, 6.07) is 18.4. The van der Waals surface area contributed by atoms with Crippen LogP contribution in [0.3, 0.4) is 0 Å². The Kier molecular flexibility index (Phi) is 4.45. The first kappa shape index (κ1) is 13.0. The van der Waals surface area contributed by atoms with Gasteiger partial charge in [0, 0.05) is 12.1 Å². The summed E-state index contributed by atoms with van der Waals surface area (Å²) in [4.78, 5) is 23.4. The van der Waals surface area contributed by atoms with Crippen molar-refractivity contribution in [2.24, 2.45) is 0 Å². The molecule has 96 valence electrons. The van der Waals surface area contributed by atoms with Gasteiger partial charge >= 0.3 is 0 Å². The van der Waals surface area contributed by atoms with Gasteiger partial charge in [-0.1, -0.05) is 60.7 Å². The Morgan fingerprint density at radius 3 is 2.05 bits per heavy atom. The van der Waals surface area contributed by atoms with Crippen LogP contribution >= 0.6 is 0 Å². The number of amides is 1. The highest BCUT2D eigenvalue weighted by molar-refractivity contribution is 6.42. The van der Waals surface area contributed by atoms with Crippen LogP contribution in [0, 0.1) is 0 Å². The summed E-state index contributed by atoms with van der Waals surface area (Å²) < 4.78 is 0. The molecule has 0 aliphatic carbocycles. The van der Waals surface area contributed by atoms with E-state index in [0.29, 0.717) is 18.5 Å². The second-order valence-corrected chi connectivity index (χ2v) is 4.19. The summed E-state index contributed by atoms with van der Waals surface area (Å²) in [5.41, 5.74) is 1.55. The maximum atomic E-state index is 11.8. The quantitative estimate of drug-likeness (QED) is 0.656. The van der Waals surface area contributed by atoms with Crippen LogP contribution in [-0.4, -0.2) is 18.2 Å². The van der Waals surface area contributed by atoms with Gasteiger partial charge in [0.15, 0.2) is 0 Å². The molecule has 3 nitrogen and oxygen atoms in total. The Labute approximate surface area is 112 Å². The van der Waals surface area contributed by atoms with Crippen molar-refractivity contribution in [2.45, 2.75) is 6.42 Å². The Morgan fingerprint density at radius 1 is 0.842 bits per heavy atom. The Morgan fingerprint density at radius 2 is 1.42 bits per heavy atom. The van der Waals surface area contributed by atoms with E-state index in [-0.39, 0.29) is 0 Å². The van der Waals surface area contributed by atoms with Crippen molar-refractivity contribution in [3.8, 4) is 0 Å². The topological polar surface area (TPSA) is 46.2 Å². The normalized spacial score (nSPS) is 9.89. The lowest BCUT2D eigenvalue weighted by Crippen LogP contribution is -2.32. The largest absolute Gasteiger partial charge is 0.349 e. The molecule has 0 atom stereocenters. The third kappa shape index (κ3) is 3.78. The molecule has 2 aromatic rings. The van der Waals surface area contributed by atoms with Gasteiger partial charge in [0.05, 0.1) is 0 Å². The Hall–Kier alpha value is -2.42. The van der Waals surface area contributed by atoms with Gasteiger partial charge in [0.1, 0.15) is 0 Å². The van der Waals surface area contributed by atoms with Gasteiger partial charge in [-0.2, -0.15) is 0 Å². The van der Waals surface area contributed by atoms with E-state index in [0.717, 1.165) is 5.56 Å². The number of carbonyl (C=O) groups excluding carboxylic acids is 2. The van der Waals surface area contributed by atoms with Crippen LogP contribution in [-0.2, 0) is 11.2 Å². The van der Waals surface area contributed by atoms with Crippen LogP contribution in [0.4, 0.5) is 0 Å². The third-order valence-electron chi connectivity index (χ3n) is 2.78. The Bertz CT molecular complexity index is 549. The molecule has 1 N–H and O–H groups in total. The summed E-state index contributed by atoms with van der Waals surface area (Å²) >= 11 is 0. The highest BCUT2D eigenvalue weighted by Crippen LogP contribution is 2.01. The van der Waals surface area contributed by atoms with Crippen LogP contribution in [0.25, 0.3) is 0 Å². The summed E-state index contributed by atoms with van der Waals surface area (Å²) in [5.74, 6) is -1.05. The van der Waals surface area contributed by atoms with Crippen molar-refractivity contribution >= 4 is 11.7 Å². The average Bonchev–Trinajstić information content (AvgIpc) is 2.48. The first-order chi connectivity index (χ1) is 9.27. The van der Waals surface area contributed by atoms with Crippen LogP contribution in [0.2, 0.25) is 0 Å². The molecule has 0 aliphatic heterocycles. The molecule has 19 heavy (non-hydrogen) atoms. The second kappa shape index (κ2) is 6.50. The van der Waals surface area contributed by atoms with Gasteiger partial charge in [0.25, 0.3) is 5.91 Å². The minimum absolute atomic E-state index is 0.416. The summed E-state index contributed by atoms with van der Waals surface area (Å²) in [7, 11) is 0. The molecule has 0 aromatic heterocycles. The first-order valence-corrected chi connectivity index (χ1v) is 6.19. The van der Waals surface area contributed by atoms with Crippen LogP contribution in [0.5, 0.6) is 0 Å². The smallest absolute Gasteiger partial charge is 0.292 e. The van der Waals surface area contributed by atoms with Gasteiger partial charge in [0.2, 0.25) is 5.78 Å². The van der Waals surface area contributed by atoms with Gasteiger partial charge < -0.3 is 5.32 Å². The molecule has 2 aromatic carbocycles. The lowest BCUT2D eigenvalue weighted by Gasteiger charge is -2.04. The molecule has 1 amide bonds. The summed E-state index contributed by atoms with van der Waals surface area (Å²) in [6.07, 6.45) is 0.717. The summed E-state index contributed by atoms with van der Waals surface area (Å²) in [5, 5.41) is 2.64. The van der Waals surface area contributed by atoms with Gasteiger partial charge in [-0.25, -0.2) is 0 Å². The molecular weight excluding hydrogens is 238 g/mol. The zero-order valence-corrected chi connectivity index (χ0v) is 10.5. The standard InChI is InChI=1S/C16H15NO2/c18-15(14-9-5-2-6-10-14)16(19)17-12-11-13-7-3-1-4-8-13/h1-10H,11-12H2,(H,17,19). The molecular formula is C16H15NO2. The van der Waals surface area contributed by atoms with Gasteiger partial charge in [-0.3, -0.25) is 9.59 Å². The van der Waals surface area contributed by atoms with Crippen molar-refractivity contribution in [1.29, 1.82) is 0 Å². The van der Waals surface area contributed by atoms with Crippen LogP contribution < -0.4 is 5.32 Å². The minimum atomic E-state index is -0.554. The van der Waals surface area contributed by atoms with E-state index in [4.69, 9.17) is 0 Å². The van der Waals surface area contributed by atoms with E-state index >= 15 is 0 Å². The molecule has 0 bridgehead atoms. The number of hydrogen-bond acceptors (Lipinski definition) is 2. The van der Waals surface area contributed by atoms with E-state index < -0.39 is 11.7 Å². The number of ketones is 1. The number of Topliss-reactive ketones (excluding diaryl/α,β-unsaturated/α-hetero) is 1. The fourth-order valence-corrected chi connectivity index (χ4v) is 1.77. The van der Waals surface area contributed by atoms with Crippen LogP contribution in [0.1, 0.15) is 15.9 Å². The minimum Gasteiger partial charge on any atom is -0.349 e. The zero-order chi connectivity index (χ0) is 13.5. The second-order valence-electron chi connectivity index (χ2n) is 4.19. The maximum Gasteiger partial charge on any atom is 0.292 e. The molecule has 0 saturated carbocycles. The van der Waals surface area contributed by atoms with E-state index in [1.54, 1.807) is 24.3 Å². The molecule has 0 unspecified atom stereocenters. The van der Waals surface area contributed by atoms with E-state index in [2.05, 4.69) is 5.32 Å². The molecule has 0 fully saturated rings. The van der Waals surface area contributed by atoms with Crippen molar-refractivity contribution < 1.29 is 9.59 Å². The molecule has 0 spiro atoms. The lowest BCUT2D eigenvalue weighted by molar-refractivity contribution is -0.116. The SMILES string of the molecule is O=C(NCCc1ccccc1)C(=O)c1ccccc1. The van der Waals surface area contributed by atoms with Gasteiger partial charge in [-0.05, 0) is 12.0 Å². The number of nitrogens with one attached hydrogen (secondary N) is 1. The predicted octanol–water partition coefficient (Wildman–Crippen LogP) is 2.23. The fraction of sp³-hybridized carbons (Fsp3) is 0.125. The van der Waals surface area contributed by atoms with Crippen molar-refractivity contribution in [3.05, 3.63) is 71.8 Å². The van der Waals surface area contributed by atoms with Crippen LogP contribution in [0.15, 0.2) is 60.7 Å². The fourth-order valence-electron chi connectivity index (χ4n) is 1.77. The predicted molar refractivity (Wildman–Crippen MR) is 73.9 cm³/mol. The van der Waals surface area contributed by atoms with E-state index in [9.17, 15) is 9.59 Å². The molecule has 0 radical (unpaired) electrons. The lowest BCUT2D eigenvalue weighted by atomic mass is 10.1. The van der Waals surface area contributed by atoms with Crippen molar-refractivity contribution in [2.75, 3.05) is 6.54 Å². The molecule has 0 aliphatic rings. The highest BCUT2D eigenvalue weighted by atomic mass is 16.2. The third-order valence-corrected chi connectivity index (χ3v) is 2.78. The molecule has 2 rings (SSSR count). The summed E-state index contributed by atoms with van der Waals surface area (Å²) in [6.45, 7) is 0.460. The molecule has 3 heteroatoms. The van der Waals surface area contributed by atoms with Gasteiger partial charge in [-0.15, -0.1) is 0 Å². The zero-order valence-electron chi connectivity index (χ0n) is 10.5. The van der Waals surface area contributed by atoms with E-state index in [1.165, 1.54) is 0 Å².